The molecule has 0 aliphatic carbocycles. The third-order valence-corrected chi connectivity index (χ3v) is 3.04. The van der Waals surface area contributed by atoms with E-state index in [-0.39, 0.29) is 17.9 Å². The number of nitrogens with zero attached hydrogens (tertiary/aromatic N) is 3. The third kappa shape index (κ3) is 3.13. The van der Waals surface area contributed by atoms with Gasteiger partial charge >= 0.3 is 5.97 Å². The molecular weight excluding hydrogens is 274 g/mol. The highest BCUT2D eigenvalue weighted by Gasteiger charge is 2.17. The minimum Gasteiger partial charge on any atom is -0.490 e. The van der Waals surface area contributed by atoms with Crippen molar-refractivity contribution in [1.29, 1.82) is 0 Å². The topological polar surface area (TPSA) is 86.5 Å². The normalized spacial score (nSPS) is 10.4. The maximum absolute atomic E-state index is 11.3. The minimum absolute atomic E-state index is 0.0554. The van der Waals surface area contributed by atoms with Gasteiger partial charge in [0.1, 0.15) is 18.0 Å². The molecule has 0 amide bonds. The highest BCUT2D eigenvalue weighted by atomic mass is 16.5. The summed E-state index contributed by atoms with van der Waals surface area (Å²) < 4.78 is 12.8. The van der Waals surface area contributed by atoms with Crippen molar-refractivity contribution in [3.8, 4) is 11.5 Å². The van der Waals surface area contributed by atoms with Gasteiger partial charge in [0.2, 0.25) is 0 Å². The minimum atomic E-state index is -1.07. The zero-order valence-corrected chi connectivity index (χ0v) is 12.2. The van der Waals surface area contributed by atoms with E-state index in [1.165, 1.54) is 6.07 Å². The Morgan fingerprint density at radius 3 is 2.67 bits per heavy atom. The van der Waals surface area contributed by atoms with Gasteiger partial charge in [-0.25, -0.2) is 4.79 Å². The van der Waals surface area contributed by atoms with Gasteiger partial charge in [0.15, 0.2) is 17.3 Å². The summed E-state index contributed by atoms with van der Waals surface area (Å²) in [6, 6.07) is 4.77. The van der Waals surface area contributed by atoms with Crippen molar-refractivity contribution in [3.63, 3.8) is 0 Å². The summed E-state index contributed by atoms with van der Waals surface area (Å²) in [6.07, 6.45) is 0. The molecule has 21 heavy (non-hydrogen) atoms. The van der Waals surface area contributed by atoms with Gasteiger partial charge in [-0.2, -0.15) is 0 Å². The molecule has 0 aliphatic heterocycles. The number of benzene rings is 1. The smallest absolute Gasteiger partial charge is 0.339 e. The number of hydrogen-bond donors (Lipinski definition) is 1. The molecule has 0 unspecified atom stereocenters. The van der Waals surface area contributed by atoms with Crippen LogP contribution in [0.25, 0.3) is 0 Å². The molecule has 0 saturated carbocycles. The zero-order valence-electron chi connectivity index (χ0n) is 12.2. The third-order valence-electron chi connectivity index (χ3n) is 3.04. The van der Waals surface area contributed by atoms with Crippen molar-refractivity contribution in [2.45, 2.75) is 20.5 Å². The fourth-order valence-corrected chi connectivity index (χ4v) is 1.82. The van der Waals surface area contributed by atoms with Gasteiger partial charge in [0.05, 0.1) is 6.61 Å². The van der Waals surface area contributed by atoms with Crippen molar-refractivity contribution in [2.75, 3.05) is 6.61 Å². The Balaban J connectivity index is 2.29. The van der Waals surface area contributed by atoms with Crippen LogP contribution in [0.1, 0.15) is 28.9 Å². The molecular formula is C14H17N3O4. The number of aryl methyl sites for hydroxylation is 1. The maximum Gasteiger partial charge on any atom is 0.339 e. The molecule has 2 aromatic rings. The average Bonchev–Trinajstić information content (AvgIpc) is 2.77. The Morgan fingerprint density at radius 1 is 1.33 bits per heavy atom. The summed E-state index contributed by atoms with van der Waals surface area (Å²) in [5.41, 5.74) is 0.0554. The Bertz CT molecular complexity index is 652. The Labute approximate surface area is 122 Å². The number of carbonyl (C=O) groups is 1. The number of aromatic nitrogens is 3. The van der Waals surface area contributed by atoms with E-state index >= 15 is 0 Å². The number of para-hydroxylation sites is 1. The lowest BCUT2D eigenvalue weighted by Crippen LogP contribution is -2.09. The first-order valence-corrected chi connectivity index (χ1v) is 6.51. The van der Waals surface area contributed by atoms with Gasteiger partial charge in [0.25, 0.3) is 0 Å². The monoisotopic (exact) mass is 291 g/mol. The van der Waals surface area contributed by atoms with Crippen molar-refractivity contribution >= 4 is 5.97 Å². The van der Waals surface area contributed by atoms with Crippen LogP contribution in [0.4, 0.5) is 0 Å². The fourth-order valence-electron chi connectivity index (χ4n) is 1.82. The van der Waals surface area contributed by atoms with Crippen LogP contribution in [-0.2, 0) is 13.7 Å². The fraction of sp³-hybridized carbons (Fsp3) is 0.357. The molecule has 0 atom stereocenters. The molecule has 0 aliphatic rings. The van der Waals surface area contributed by atoms with E-state index in [1.807, 2.05) is 20.9 Å². The second kappa shape index (κ2) is 6.25. The molecule has 0 saturated heterocycles. The number of ether oxygens (including phenoxy) is 2. The van der Waals surface area contributed by atoms with E-state index in [9.17, 15) is 9.90 Å². The van der Waals surface area contributed by atoms with E-state index in [1.54, 1.807) is 16.7 Å². The number of carboxylic acids is 1. The Hall–Kier alpha value is -2.57. The summed E-state index contributed by atoms with van der Waals surface area (Å²) in [6.45, 7) is 4.18. The van der Waals surface area contributed by atoms with E-state index in [2.05, 4.69) is 10.2 Å². The Kier molecular flexibility index (Phi) is 4.42. The van der Waals surface area contributed by atoms with E-state index in [4.69, 9.17) is 9.47 Å². The van der Waals surface area contributed by atoms with Crippen LogP contribution in [0.3, 0.4) is 0 Å². The highest BCUT2D eigenvalue weighted by Crippen LogP contribution is 2.32. The van der Waals surface area contributed by atoms with E-state index in [0.717, 1.165) is 5.82 Å². The molecule has 1 N–H and O–H groups in total. The Morgan fingerprint density at radius 2 is 2.10 bits per heavy atom. The van der Waals surface area contributed by atoms with Gasteiger partial charge in [-0.3, -0.25) is 0 Å². The van der Waals surface area contributed by atoms with Crippen LogP contribution in [0, 0.1) is 6.92 Å². The van der Waals surface area contributed by atoms with Gasteiger partial charge in [-0.15, -0.1) is 10.2 Å². The SMILES string of the molecule is CCOc1cccc(C(=O)O)c1OCc1nnc(C)n1C. The highest BCUT2D eigenvalue weighted by molar-refractivity contribution is 5.92. The first kappa shape index (κ1) is 14.8. The molecule has 0 spiro atoms. The summed E-state index contributed by atoms with van der Waals surface area (Å²) in [5, 5.41) is 17.2. The summed E-state index contributed by atoms with van der Waals surface area (Å²) in [7, 11) is 1.82. The van der Waals surface area contributed by atoms with Crippen LogP contribution in [0.15, 0.2) is 18.2 Å². The van der Waals surface area contributed by atoms with E-state index < -0.39 is 5.97 Å². The number of rotatable bonds is 6. The molecule has 0 bridgehead atoms. The van der Waals surface area contributed by atoms with Crippen LogP contribution in [0.2, 0.25) is 0 Å². The quantitative estimate of drug-likeness (QED) is 0.873. The van der Waals surface area contributed by atoms with Crippen molar-refractivity contribution in [2.24, 2.45) is 7.05 Å². The van der Waals surface area contributed by atoms with Crippen LogP contribution in [0.5, 0.6) is 11.5 Å². The van der Waals surface area contributed by atoms with Crippen molar-refractivity contribution in [3.05, 3.63) is 35.4 Å². The van der Waals surface area contributed by atoms with Gasteiger partial charge in [-0.05, 0) is 26.0 Å². The molecule has 112 valence electrons. The maximum atomic E-state index is 11.3. The standard InChI is InChI=1S/C14H17N3O4/c1-4-20-11-7-5-6-10(14(18)19)13(11)21-8-12-16-15-9(2)17(12)3/h5-7H,4,8H2,1-3H3,(H,18,19). The predicted molar refractivity (Wildman–Crippen MR) is 74.6 cm³/mol. The van der Waals surface area contributed by atoms with E-state index in [0.29, 0.717) is 18.2 Å². The number of aromatic carboxylic acids is 1. The molecule has 7 nitrogen and oxygen atoms in total. The molecule has 7 heteroatoms. The number of hydrogen-bond acceptors (Lipinski definition) is 5. The first-order chi connectivity index (χ1) is 10.0. The molecule has 0 radical (unpaired) electrons. The second-order valence-electron chi connectivity index (χ2n) is 4.38. The molecule has 1 aromatic carbocycles. The lowest BCUT2D eigenvalue weighted by molar-refractivity contribution is 0.0690. The largest absolute Gasteiger partial charge is 0.490 e. The van der Waals surface area contributed by atoms with Crippen LogP contribution < -0.4 is 9.47 Å². The van der Waals surface area contributed by atoms with Gasteiger partial charge in [0, 0.05) is 7.05 Å². The zero-order chi connectivity index (χ0) is 15.4. The van der Waals surface area contributed by atoms with Crippen molar-refractivity contribution < 1.29 is 19.4 Å². The number of carboxylic acid groups (broad SMARTS) is 1. The summed E-state index contributed by atoms with van der Waals surface area (Å²) in [4.78, 5) is 11.3. The first-order valence-electron chi connectivity index (χ1n) is 6.51. The summed E-state index contributed by atoms with van der Waals surface area (Å²) >= 11 is 0. The summed E-state index contributed by atoms with van der Waals surface area (Å²) in [5.74, 6) is 0.893. The predicted octanol–water partition coefficient (Wildman–Crippen LogP) is 1.80. The lowest BCUT2D eigenvalue weighted by Gasteiger charge is -2.13. The second-order valence-corrected chi connectivity index (χ2v) is 4.38. The van der Waals surface area contributed by atoms with Gasteiger partial charge < -0.3 is 19.1 Å². The average molecular weight is 291 g/mol. The molecule has 1 aromatic heterocycles. The molecule has 1 heterocycles. The lowest BCUT2D eigenvalue weighted by atomic mass is 10.2. The van der Waals surface area contributed by atoms with Gasteiger partial charge in [-0.1, -0.05) is 6.07 Å². The molecule has 2 rings (SSSR count). The van der Waals surface area contributed by atoms with Crippen molar-refractivity contribution in [1.82, 2.24) is 14.8 Å². The molecule has 0 fully saturated rings. The van der Waals surface area contributed by atoms with Crippen LogP contribution >= 0.6 is 0 Å². The van der Waals surface area contributed by atoms with Crippen LogP contribution in [-0.4, -0.2) is 32.4 Å².